The zero-order valence-corrected chi connectivity index (χ0v) is 12.1. The summed E-state index contributed by atoms with van der Waals surface area (Å²) < 4.78 is 11.6. The Hall–Kier alpha value is -2.06. The van der Waals surface area contributed by atoms with E-state index in [0.717, 1.165) is 10.0 Å². The highest BCUT2D eigenvalue weighted by atomic mass is 79.9. The van der Waals surface area contributed by atoms with E-state index in [1.807, 2.05) is 13.0 Å². The smallest absolute Gasteiger partial charge is 0.233 e. The molecule has 0 aliphatic rings. The monoisotopic (exact) mass is 318 g/mol. The minimum absolute atomic E-state index is 0.456. The predicted octanol–water partition coefficient (Wildman–Crippen LogP) is 3.83. The molecule has 0 amide bonds. The van der Waals surface area contributed by atoms with Crippen LogP contribution in [-0.4, -0.2) is 12.1 Å². The third-order valence-electron chi connectivity index (χ3n) is 2.51. The zero-order valence-electron chi connectivity index (χ0n) is 10.5. The lowest BCUT2D eigenvalue weighted by atomic mass is 10.2. The highest BCUT2D eigenvalue weighted by Crippen LogP contribution is 2.31. The summed E-state index contributed by atoms with van der Waals surface area (Å²) >= 11 is 3.43. The van der Waals surface area contributed by atoms with Gasteiger partial charge in [0.2, 0.25) is 5.88 Å². The fourth-order valence-corrected chi connectivity index (χ4v) is 1.83. The Morgan fingerprint density at radius 2 is 2.00 bits per heavy atom. The van der Waals surface area contributed by atoms with Gasteiger partial charge in [-0.1, -0.05) is 0 Å². The number of benzene rings is 1. The molecule has 2 aromatic rings. The topological polar surface area (TPSA) is 55.1 Å². The van der Waals surface area contributed by atoms with Crippen molar-refractivity contribution in [1.82, 2.24) is 4.98 Å². The van der Waals surface area contributed by atoms with Gasteiger partial charge < -0.3 is 9.47 Å². The third-order valence-corrected chi connectivity index (χ3v) is 3.47. The molecule has 96 valence electrons. The molecule has 0 N–H and O–H groups in total. The molecule has 1 aromatic carbocycles. The van der Waals surface area contributed by atoms with Crippen molar-refractivity contribution in [2.75, 3.05) is 7.11 Å². The van der Waals surface area contributed by atoms with Gasteiger partial charge in [-0.25, -0.2) is 4.98 Å². The Kier molecular flexibility index (Phi) is 4.03. The first-order valence-corrected chi connectivity index (χ1v) is 6.31. The van der Waals surface area contributed by atoms with Crippen molar-refractivity contribution in [3.05, 3.63) is 46.1 Å². The molecular formula is C14H11BrN2O2. The molecule has 2 rings (SSSR count). The van der Waals surface area contributed by atoms with E-state index in [-0.39, 0.29) is 0 Å². The van der Waals surface area contributed by atoms with Crippen molar-refractivity contribution in [2.24, 2.45) is 0 Å². The number of aromatic nitrogens is 1. The van der Waals surface area contributed by atoms with Gasteiger partial charge in [0.1, 0.15) is 11.5 Å². The molecule has 0 fully saturated rings. The van der Waals surface area contributed by atoms with Crippen LogP contribution >= 0.6 is 15.9 Å². The van der Waals surface area contributed by atoms with Gasteiger partial charge in [-0.2, -0.15) is 5.26 Å². The molecule has 0 spiro atoms. The quantitative estimate of drug-likeness (QED) is 0.863. The fraction of sp³-hybridized carbons (Fsp3) is 0.143. The van der Waals surface area contributed by atoms with Gasteiger partial charge in [0.05, 0.1) is 23.2 Å². The Morgan fingerprint density at radius 3 is 2.68 bits per heavy atom. The number of nitriles is 1. The Bertz CT molecular complexity index is 650. The second-order valence-electron chi connectivity index (χ2n) is 3.86. The van der Waals surface area contributed by atoms with Crippen molar-refractivity contribution in [3.63, 3.8) is 0 Å². The first-order chi connectivity index (χ1) is 9.13. The van der Waals surface area contributed by atoms with Crippen LogP contribution in [0.3, 0.4) is 0 Å². The van der Waals surface area contributed by atoms with Crippen LogP contribution in [-0.2, 0) is 0 Å². The molecule has 4 nitrogen and oxygen atoms in total. The fourth-order valence-electron chi connectivity index (χ4n) is 1.51. The van der Waals surface area contributed by atoms with Gasteiger partial charge in [0.15, 0.2) is 0 Å². The van der Waals surface area contributed by atoms with E-state index in [2.05, 4.69) is 27.0 Å². The average molecular weight is 319 g/mol. The van der Waals surface area contributed by atoms with Crippen molar-refractivity contribution < 1.29 is 9.47 Å². The number of halogens is 1. The van der Waals surface area contributed by atoms with Crippen molar-refractivity contribution >= 4 is 15.9 Å². The third kappa shape index (κ3) is 3.04. The molecule has 0 saturated heterocycles. The second kappa shape index (κ2) is 5.72. The minimum atomic E-state index is 0.456. The normalized spacial score (nSPS) is 9.79. The zero-order chi connectivity index (χ0) is 13.8. The van der Waals surface area contributed by atoms with E-state index in [1.165, 1.54) is 0 Å². The SMILES string of the molecule is COc1cc(C#N)cc(Oc2nccc(C)c2Br)c1. The number of pyridine rings is 1. The number of hydrogen-bond acceptors (Lipinski definition) is 4. The van der Waals surface area contributed by atoms with Gasteiger partial charge in [-0.15, -0.1) is 0 Å². The van der Waals surface area contributed by atoms with E-state index >= 15 is 0 Å². The van der Waals surface area contributed by atoms with Crippen LogP contribution in [0.4, 0.5) is 0 Å². The van der Waals surface area contributed by atoms with Gasteiger partial charge in [0.25, 0.3) is 0 Å². The summed E-state index contributed by atoms with van der Waals surface area (Å²) in [6, 6.07) is 8.93. The van der Waals surface area contributed by atoms with E-state index in [1.54, 1.807) is 31.5 Å². The number of rotatable bonds is 3. The van der Waals surface area contributed by atoms with E-state index in [9.17, 15) is 0 Å². The highest BCUT2D eigenvalue weighted by Gasteiger charge is 2.08. The summed E-state index contributed by atoms with van der Waals surface area (Å²) in [6.45, 7) is 1.95. The molecule has 5 heteroatoms. The standard InChI is InChI=1S/C14H11BrN2O2/c1-9-3-4-17-14(13(9)15)19-12-6-10(8-16)5-11(7-12)18-2/h3-7H,1-2H3. The van der Waals surface area contributed by atoms with E-state index in [0.29, 0.717) is 22.9 Å². The molecule has 0 radical (unpaired) electrons. The lowest BCUT2D eigenvalue weighted by molar-refractivity contribution is 0.406. The summed E-state index contributed by atoms with van der Waals surface area (Å²) in [5.74, 6) is 1.53. The van der Waals surface area contributed by atoms with Crippen LogP contribution in [0.5, 0.6) is 17.4 Å². The van der Waals surface area contributed by atoms with Gasteiger partial charge in [-0.05, 0) is 46.6 Å². The number of nitrogens with zero attached hydrogens (tertiary/aromatic N) is 2. The number of aryl methyl sites for hydroxylation is 1. The summed E-state index contributed by atoms with van der Waals surface area (Å²) in [7, 11) is 1.54. The van der Waals surface area contributed by atoms with Crippen LogP contribution in [0.25, 0.3) is 0 Å². The van der Waals surface area contributed by atoms with Crippen molar-refractivity contribution in [2.45, 2.75) is 6.92 Å². The molecule has 0 saturated carbocycles. The summed E-state index contributed by atoms with van der Waals surface area (Å²) in [6.07, 6.45) is 1.67. The lowest BCUT2D eigenvalue weighted by Gasteiger charge is -2.09. The lowest BCUT2D eigenvalue weighted by Crippen LogP contribution is -1.92. The molecule has 1 heterocycles. The van der Waals surface area contributed by atoms with Crippen LogP contribution in [0.15, 0.2) is 34.9 Å². The van der Waals surface area contributed by atoms with Gasteiger partial charge in [0, 0.05) is 12.3 Å². The predicted molar refractivity (Wildman–Crippen MR) is 74.5 cm³/mol. The molecule has 0 bridgehead atoms. The maximum absolute atomic E-state index is 8.96. The minimum Gasteiger partial charge on any atom is -0.497 e. The Labute approximate surface area is 119 Å². The second-order valence-corrected chi connectivity index (χ2v) is 4.65. The number of ether oxygens (including phenoxy) is 2. The van der Waals surface area contributed by atoms with Crippen LogP contribution in [0, 0.1) is 18.3 Å². The first kappa shape index (κ1) is 13.4. The molecule has 0 aliphatic heterocycles. The average Bonchev–Trinajstić information content (AvgIpc) is 2.43. The van der Waals surface area contributed by atoms with Crippen LogP contribution in [0.2, 0.25) is 0 Å². The molecule has 19 heavy (non-hydrogen) atoms. The van der Waals surface area contributed by atoms with Crippen LogP contribution < -0.4 is 9.47 Å². The molecule has 1 aromatic heterocycles. The molecule has 0 aliphatic carbocycles. The summed E-state index contributed by atoms with van der Waals surface area (Å²) in [4.78, 5) is 4.15. The number of methoxy groups -OCH3 is 1. The largest absolute Gasteiger partial charge is 0.497 e. The van der Waals surface area contributed by atoms with Crippen LogP contribution in [0.1, 0.15) is 11.1 Å². The van der Waals surface area contributed by atoms with Crippen molar-refractivity contribution in [1.29, 1.82) is 5.26 Å². The maximum atomic E-state index is 8.96. The van der Waals surface area contributed by atoms with Gasteiger partial charge >= 0.3 is 0 Å². The molecule has 0 unspecified atom stereocenters. The Morgan fingerprint density at radius 1 is 1.26 bits per heavy atom. The van der Waals surface area contributed by atoms with E-state index < -0.39 is 0 Å². The number of hydrogen-bond donors (Lipinski definition) is 0. The highest BCUT2D eigenvalue weighted by molar-refractivity contribution is 9.10. The molecular weight excluding hydrogens is 308 g/mol. The van der Waals surface area contributed by atoms with E-state index in [4.69, 9.17) is 14.7 Å². The first-order valence-electron chi connectivity index (χ1n) is 5.52. The molecule has 0 atom stereocenters. The summed E-state index contributed by atoms with van der Waals surface area (Å²) in [5.41, 5.74) is 1.49. The van der Waals surface area contributed by atoms with Gasteiger partial charge in [-0.3, -0.25) is 0 Å². The summed E-state index contributed by atoms with van der Waals surface area (Å²) in [5, 5.41) is 8.96. The Balaban J connectivity index is 2.38. The maximum Gasteiger partial charge on any atom is 0.233 e. The van der Waals surface area contributed by atoms with Crippen molar-refractivity contribution in [3.8, 4) is 23.4 Å².